The number of tetrazole rings is 1. The summed E-state index contributed by atoms with van der Waals surface area (Å²) in [7, 11) is 0. The summed E-state index contributed by atoms with van der Waals surface area (Å²) in [5, 5.41) is 18.7. The fourth-order valence-corrected chi connectivity index (χ4v) is 0.677. The molecule has 0 aliphatic heterocycles. The number of rotatable bonds is 4. The molecule has 0 aliphatic rings. The SMILES string of the molecule is CCOC(=O)Cn1nnc(NO)n1. The van der Waals surface area contributed by atoms with Crippen LogP contribution in [0.4, 0.5) is 5.95 Å². The number of hydrogen-bond acceptors (Lipinski definition) is 7. The summed E-state index contributed by atoms with van der Waals surface area (Å²) >= 11 is 0. The van der Waals surface area contributed by atoms with E-state index in [2.05, 4.69) is 20.1 Å². The van der Waals surface area contributed by atoms with E-state index in [0.29, 0.717) is 6.61 Å². The van der Waals surface area contributed by atoms with Crippen LogP contribution in [0.15, 0.2) is 0 Å². The molecule has 0 unspecified atom stereocenters. The number of esters is 1. The lowest BCUT2D eigenvalue weighted by molar-refractivity contribution is -0.144. The summed E-state index contributed by atoms with van der Waals surface area (Å²) in [5.41, 5.74) is 1.69. The van der Waals surface area contributed by atoms with Gasteiger partial charge in [0, 0.05) is 0 Å². The fourth-order valence-electron chi connectivity index (χ4n) is 0.677. The summed E-state index contributed by atoms with van der Waals surface area (Å²) in [4.78, 5) is 11.9. The van der Waals surface area contributed by atoms with Crippen LogP contribution in [0.2, 0.25) is 0 Å². The Morgan fingerprint density at radius 3 is 3.08 bits per heavy atom. The maximum atomic E-state index is 10.9. The van der Waals surface area contributed by atoms with E-state index in [4.69, 9.17) is 5.21 Å². The highest BCUT2D eigenvalue weighted by atomic mass is 16.5. The van der Waals surface area contributed by atoms with E-state index in [1.165, 1.54) is 0 Å². The Balaban J connectivity index is 2.49. The molecule has 2 N–H and O–H groups in total. The van der Waals surface area contributed by atoms with Crippen molar-refractivity contribution in [2.45, 2.75) is 13.5 Å². The summed E-state index contributed by atoms with van der Waals surface area (Å²) in [5.74, 6) is -0.520. The highest BCUT2D eigenvalue weighted by molar-refractivity contribution is 5.68. The van der Waals surface area contributed by atoms with Gasteiger partial charge in [-0.2, -0.15) is 4.80 Å². The Labute approximate surface area is 73.4 Å². The van der Waals surface area contributed by atoms with Crippen molar-refractivity contribution in [3.05, 3.63) is 0 Å². The number of ether oxygens (including phenoxy) is 1. The standard InChI is InChI=1S/C5H9N5O3/c1-2-13-4(11)3-10-7-5(8-12)6-9-10/h12H,2-3H2,1H3,(H,7,8). The predicted molar refractivity (Wildman–Crippen MR) is 39.9 cm³/mol. The van der Waals surface area contributed by atoms with Crippen molar-refractivity contribution in [2.24, 2.45) is 0 Å². The zero-order chi connectivity index (χ0) is 9.68. The van der Waals surface area contributed by atoms with Crippen molar-refractivity contribution in [3.63, 3.8) is 0 Å². The van der Waals surface area contributed by atoms with E-state index in [0.717, 1.165) is 4.80 Å². The molecule has 0 amide bonds. The number of hydrogen-bond donors (Lipinski definition) is 2. The quantitative estimate of drug-likeness (QED) is 0.462. The number of nitrogens with zero attached hydrogens (tertiary/aromatic N) is 4. The maximum Gasteiger partial charge on any atom is 0.329 e. The molecule has 1 heterocycles. The average molecular weight is 187 g/mol. The van der Waals surface area contributed by atoms with Gasteiger partial charge in [0.05, 0.1) is 6.61 Å². The molecule has 0 bridgehead atoms. The van der Waals surface area contributed by atoms with Crippen LogP contribution in [0.3, 0.4) is 0 Å². The monoisotopic (exact) mass is 187 g/mol. The van der Waals surface area contributed by atoms with E-state index in [1.807, 2.05) is 0 Å². The Bertz CT molecular complexity index is 285. The Hall–Kier alpha value is -1.70. The van der Waals surface area contributed by atoms with Crippen molar-refractivity contribution in [2.75, 3.05) is 12.1 Å². The normalized spacial score (nSPS) is 9.69. The third-order valence-corrected chi connectivity index (χ3v) is 1.13. The van der Waals surface area contributed by atoms with Crippen LogP contribution in [0.1, 0.15) is 6.92 Å². The Morgan fingerprint density at radius 2 is 2.54 bits per heavy atom. The second-order valence-corrected chi connectivity index (χ2v) is 2.06. The van der Waals surface area contributed by atoms with Crippen molar-refractivity contribution < 1.29 is 14.7 Å². The van der Waals surface area contributed by atoms with Gasteiger partial charge in [-0.15, -0.1) is 5.10 Å². The first kappa shape index (κ1) is 9.39. The maximum absolute atomic E-state index is 10.9. The highest BCUT2D eigenvalue weighted by Crippen LogP contribution is 1.90. The number of carbonyl (C=O) groups excluding carboxylic acids is 1. The highest BCUT2D eigenvalue weighted by Gasteiger charge is 2.06. The van der Waals surface area contributed by atoms with Crippen molar-refractivity contribution in [1.82, 2.24) is 20.2 Å². The van der Waals surface area contributed by atoms with Crippen molar-refractivity contribution in [3.8, 4) is 0 Å². The van der Waals surface area contributed by atoms with Gasteiger partial charge < -0.3 is 4.74 Å². The van der Waals surface area contributed by atoms with Gasteiger partial charge >= 0.3 is 5.97 Å². The first-order valence-corrected chi connectivity index (χ1v) is 3.59. The number of nitrogens with one attached hydrogen (secondary N) is 1. The average Bonchev–Trinajstić information content (AvgIpc) is 2.52. The topological polar surface area (TPSA) is 102 Å². The van der Waals surface area contributed by atoms with Crippen molar-refractivity contribution >= 4 is 11.9 Å². The molecule has 0 saturated carbocycles. The lowest BCUT2D eigenvalue weighted by atomic mass is 10.7. The third kappa shape index (κ3) is 2.67. The van der Waals surface area contributed by atoms with Gasteiger partial charge in [0.25, 0.3) is 5.95 Å². The van der Waals surface area contributed by atoms with Gasteiger partial charge in [-0.3, -0.25) is 5.21 Å². The minimum atomic E-state index is -0.454. The summed E-state index contributed by atoms with van der Waals surface area (Å²) in [6.45, 7) is 1.88. The van der Waals surface area contributed by atoms with Gasteiger partial charge in [-0.25, -0.2) is 10.3 Å². The second kappa shape index (κ2) is 4.36. The minimum Gasteiger partial charge on any atom is -0.465 e. The molecule has 0 atom stereocenters. The van der Waals surface area contributed by atoms with Crippen LogP contribution >= 0.6 is 0 Å². The van der Waals surface area contributed by atoms with Gasteiger partial charge in [0.15, 0.2) is 6.54 Å². The van der Waals surface area contributed by atoms with Crippen LogP contribution in [0.5, 0.6) is 0 Å². The molecule has 1 aromatic heterocycles. The molecule has 0 saturated heterocycles. The van der Waals surface area contributed by atoms with Crippen LogP contribution in [0, 0.1) is 0 Å². The first-order valence-electron chi connectivity index (χ1n) is 3.59. The molecular weight excluding hydrogens is 178 g/mol. The Kier molecular flexibility index (Phi) is 3.15. The van der Waals surface area contributed by atoms with Crippen LogP contribution in [0.25, 0.3) is 0 Å². The molecule has 0 aliphatic carbocycles. The summed E-state index contributed by atoms with van der Waals surface area (Å²) in [6, 6.07) is 0. The van der Waals surface area contributed by atoms with Crippen molar-refractivity contribution in [1.29, 1.82) is 0 Å². The van der Waals surface area contributed by atoms with E-state index in [-0.39, 0.29) is 12.5 Å². The van der Waals surface area contributed by atoms with Crippen LogP contribution < -0.4 is 5.48 Å². The second-order valence-electron chi connectivity index (χ2n) is 2.06. The molecule has 0 spiro atoms. The zero-order valence-electron chi connectivity index (χ0n) is 6.97. The summed E-state index contributed by atoms with van der Waals surface area (Å²) < 4.78 is 4.64. The molecule has 1 aromatic rings. The third-order valence-electron chi connectivity index (χ3n) is 1.13. The molecule has 0 fully saturated rings. The molecule has 1 rings (SSSR count). The number of anilines is 1. The van der Waals surface area contributed by atoms with Gasteiger partial charge in [-0.05, 0) is 12.1 Å². The van der Waals surface area contributed by atoms with Crippen LogP contribution in [-0.4, -0.2) is 38.0 Å². The molecule has 0 radical (unpaired) electrons. The fraction of sp³-hybridized carbons (Fsp3) is 0.600. The largest absolute Gasteiger partial charge is 0.465 e. The zero-order valence-corrected chi connectivity index (χ0v) is 6.97. The summed E-state index contributed by atoms with van der Waals surface area (Å²) in [6.07, 6.45) is 0. The van der Waals surface area contributed by atoms with E-state index in [1.54, 1.807) is 12.4 Å². The molecular formula is C5H9N5O3. The predicted octanol–water partition coefficient (Wildman–Crippen LogP) is -0.963. The lowest BCUT2D eigenvalue weighted by Gasteiger charge is -1.98. The van der Waals surface area contributed by atoms with E-state index >= 15 is 0 Å². The molecule has 13 heavy (non-hydrogen) atoms. The molecule has 0 aromatic carbocycles. The number of carbonyl (C=O) groups is 1. The van der Waals surface area contributed by atoms with Gasteiger partial charge in [0.2, 0.25) is 0 Å². The molecule has 8 heteroatoms. The van der Waals surface area contributed by atoms with Crippen LogP contribution in [-0.2, 0) is 16.1 Å². The smallest absolute Gasteiger partial charge is 0.329 e. The lowest BCUT2D eigenvalue weighted by Crippen LogP contribution is -2.15. The number of aromatic nitrogens is 4. The minimum absolute atomic E-state index is 0.0655. The van der Waals surface area contributed by atoms with E-state index < -0.39 is 5.97 Å². The Morgan fingerprint density at radius 1 is 1.77 bits per heavy atom. The van der Waals surface area contributed by atoms with E-state index in [9.17, 15) is 4.79 Å². The van der Waals surface area contributed by atoms with Gasteiger partial charge in [0.1, 0.15) is 0 Å². The van der Waals surface area contributed by atoms with Gasteiger partial charge in [-0.1, -0.05) is 5.10 Å². The molecule has 72 valence electrons. The first-order chi connectivity index (χ1) is 6.26. The molecule has 8 nitrogen and oxygen atoms in total.